The summed E-state index contributed by atoms with van der Waals surface area (Å²) in [5, 5.41) is 0. The largest absolute Gasteiger partial charge is 0.469 e. The Morgan fingerprint density at radius 3 is 2.24 bits per heavy atom. The van der Waals surface area contributed by atoms with Gasteiger partial charge in [-0.1, -0.05) is 12.1 Å². The van der Waals surface area contributed by atoms with Gasteiger partial charge >= 0.3 is 12.1 Å². The summed E-state index contributed by atoms with van der Waals surface area (Å²) < 4.78 is 42.5. The van der Waals surface area contributed by atoms with E-state index in [9.17, 15) is 18.0 Å². The minimum Gasteiger partial charge on any atom is -0.469 e. The molecule has 116 valence electrons. The van der Waals surface area contributed by atoms with Crippen molar-refractivity contribution < 1.29 is 22.7 Å². The van der Waals surface area contributed by atoms with E-state index in [4.69, 9.17) is 10.5 Å². The lowest BCUT2D eigenvalue weighted by Crippen LogP contribution is -2.43. The van der Waals surface area contributed by atoms with E-state index in [2.05, 4.69) is 0 Å². The average Bonchev–Trinajstić information content (AvgIpc) is 3.28. The molecule has 3 nitrogen and oxygen atoms in total. The lowest BCUT2D eigenvalue weighted by atomic mass is 9.77. The van der Waals surface area contributed by atoms with E-state index < -0.39 is 17.2 Å². The highest BCUT2D eigenvalue weighted by Crippen LogP contribution is 2.48. The third kappa shape index (κ3) is 3.20. The summed E-state index contributed by atoms with van der Waals surface area (Å²) in [5.41, 5.74) is 4.92. The van der Waals surface area contributed by atoms with Gasteiger partial charge in [0.1, 0.15) is 0 Å². The van der Waals surface area contributed by atoms with Gasteiger partial charge in [-0.05, 0) is 42.9 Å². The highest BCUT2D eigenvalue weighted by Gasteiger charge is 2.50. The van der Waals surface area contributed by atoms with Crippen LogP contribution in [0, 0.1) is 11.3 Å². The number of methoxy groups -OCH3 is 1. The fraction of sp³-hybridized carbons (Fsp3) is 0.533. The topological polar surface area (TPSA) is 52.3 Å². The molecule has 1 aromatic carbocycles. The Morgan fingerprint density at radius 2 is 1.86 bits per heavy atom. The molecule has 1 aromatic rings. The standard InChI is InChI=1S/C15H18F3NO2/c1-21-13(20)14(9-19,11-6-7-11)8-10-2-4-12(5-3-10)15(16,17)18/h2-5,11H,6-9,19H2,1H3. The van der Waals surface area contributed by atoms with Crippen LogP contribution in [0.5, 0.6) is 0 Å². The smallest absolute Gasteiger partial charge is 0.416 e. The van der Waals surface area contributed by atoms with Crippen LogP contribution in [0.3, 0.4) is 0 Å². The first kappa shape index (κ1) is 15.8. The average molecular weight is 301 g/mol. The van der Waals surface area contributed by atoms with Crippen molar-refractivity contribution >= 4 is 5.97 Å². The molecule has 21 heavy (non-hydrogen) atoms. The molecule has 0 amide bonds. The van der Waals surface area contributed by atoms with Crippen LogP contribution in [0.2, 0.25) is 0 Å². The van der Waals surface area contributed by atoms with Gasteiger partial charge in [-0.25, -0.2) is 0 Å². The maximum Gasteiger partial charge on any atom is 0.416 e. The van der Waals surface area contributed by atoms with Crippen molar-refractivity contribution in [1.29, 1.82) is 0 Å². The first-order chi connectivity index (χ1) is 9.83. The summed E-state index contributed by atoms with van der Waals surface area (Å²) in [7, 11) is 1.31. The summed E-state index contributed by atoms with van der Waals surface area (Å²) in [6, 6.07) is 4.86. The second kappa shape index (κ2) is 5.67. The molecular weight excluding hydrogens is 283 g/mol. The molecule has 0 aromatic heterocycles. The number of carbonyl (C=O) groups excluding carboxylic acids is 1. The molecule has 0 saturated heterocycles. The second-order valence-electron chi connectivity index (χ2n) is 5.50. The monoisotopic (exact) mass is 301 g/mol. The summed E-state index contributed by atoms with van der Waals surface area (Å²) in [6.07, 6.45) is -2.26. The maximum atomic E-state index is 12.6. The Balaban J connectivity index is 2.23. The molecule has 6 heteroatoms. The molecule has 0 spiro atoms. The van der Waals surface area contributed by atoms with E-state index >= 15 is 0 Å². The van der Waals surface area contributed by atoms with Gasteiger partial charge in [-0.2, -0.15) is 13.2 Å². The van der Waals surface area contributed by atoms with E-state index in [1.54, 1.807) is 0 Å². The molecule has 1 aliphatic rings. The Hall–Kier alpha value is -1.56. The van der Waals surface area contributed by atoms with Gasteiger partial charge in [-0.15, -0.1) is 0 Å². The zero-order valence-electron chi connectivity index (χ0n) is 11.7. The minimum atomic E-state index is -4.36. The first-order valence-electron chi connectivity index (χ1n) is 6.78. The summed E-state index contributed by atoms with van der Waals surface area (Å²) in [6.45, 7) is 0.130. The van der Waals surface area contributed by atoms with Crippen molar-refractivity contribution in [2.75, 3.05) is 13.7 Å². The molecule has 0 aliphatic heterocycles. The summed E-state index contributed by atoms with van der Waals surface area (Å²) in [5.74, 6) is -0.232. The number of rotatable bonds is 5. The third-order valence-electron chi connectivity index (χ3n) is 4.12. The second-order valence-corrected chi connectivity index (χ2v) is 5.50. The van der Waals surface area contributed by atoms with Crippen LogP contribution in [-0.2, 0) is 22.1 Å². The molecule has 1 fully saturated rings. The van der Waals surface area contributed by atoms with Crippen molar-refractivity contribution in [2.45, 2.75) is 25.4 Å². The van der Waals surface area contributed by atoms with Crippen molar-refractivity contribution in [3.05, 3.63) is 35.4 Å². The molecule has 0 radical (unpaired) electrons. The number of halogens is 3. The molecule has 1 unspecified atom stereocenters. The van der Waals surface area contributed by atoms with Crippen LogP contribution < -0.4 is 5.73 Å². The molecule has 2 N–H and O–H groups in total. The number of hydrogen-bond donors (Lipinski definition) is 1. The van der Waals surface area contributed by atoms with E-state index in [1.165, 1.54) is 19.2 Å². The predicted molar refractivity (Wildman–Crippen MR) is 71.4 cm³/mol. The van der Waals surface area contributed by atoms with Crippen molar-refractivity contribution in [3.8, 4) is 0 Å². The number of hydrogen-bond acceptors (Lipinski definition) is 3. The van der Waals surface area contributed by atoms with Crippen molar-refractivity contribution in [2.24, 2.45) is 17.1 Å². The third-order valence-corrected chi connectivity index (χ3v) is 4.12. The molecule has 1 atom stereocenters. The number of nitrogens with two attached hydrogens (primary N) is 1. The zero-order valence-corrected chi connectivity index (χ0v) is 11.7. The van der Waals surface area contributed by atoms with E-state index in [1.807, 2.05) is 0 Å². The molecule has 2 rings (SSSR count). The van der Waals surface area contributed by atoms with Crippen LogP contribution in [0.15, 0.2) is 24.3 Å². The normalized spacial score (nSPS) is 18.1. The molecule has 0 bridgehead atoms. The number of esters is 1. The quantitative estimate of drug-likeness (QED) is 0.851. The highest BCUT2D eigenvalue weighted by atomic mass is 19.4. The van der Waals surface area contributed by atoms with Crippen molar-refractivity contribution in [3.63, 3.8) is 0 Å². The summed E-state index contributed by atoms with van der Waals surface area (Å²) >= 11 is 0. The number of benzene rings is 1. The Morgan fingerprint density at radius 1 is 1.29 bits per heavy atom. The van der Waals surface area contributed by atoms with Crippen molar-refractivity contribution in [1.82, 2.24) is 0 Å². The predicted octanol–water partition coefficient (Wildman–Crippen LogP) is 2.78. The lowest BCUT2D eigenvalue weighted by Gasteiger charge is -2.29. The van der Waals surface area contributed by atoms with Gasteiger partial charge in [-0.3, -0.25) is 4.79 Å². The molecular formula is C15H18F3NO2. The minimum absolute atomic E-state index is 0.130. The molecule has 1 aliphatic carbocycles. The number of alkyl halides is 3. The van der Waals surface area contributed by atoms with Crippen LogP contribution in [0.4, 0.5) is 13.2 Å². The lowest BCUT2D eigenvalue weighted by molar-refractivity contribution is -0.153. The van der Waals surface area contributed by atoms with Gasteiger partial charge < -0.3 is 10.5 Å². The number of carbonyl (C=O) groups is 1. The fourth-order valence-electron chi connectivity index (χ4n) is 2.72. The van der Waals surface area contributed by atoms with E-state index in [-0.39, 0.29) is 18.4 Å². The molecule has 1 saturated carbocycles. The Labute approximate surface area is 121 Å². The molecule has 0 heterocycles. The van der Waals surface area contributed by atoms with Gasteiger partial charge in [0.05, 0.1) is 18.1 Å². The van der Waals surface area contributed by atoms with Gasteiger partial charge in [0, 0.05) is 6.54 Å². The first-order valence-corrected chi connectivity index (χ1v) is 6.78. The zero-order chi connectivity index (χ0) is 15.7. The van der Waals surface area contributed by atoms with Crippen LogP contribution >= 0.6 is 0 Å². The SMILES string of the molecule is COC(=O)C(CN)(Cc1ccc(C(F)(F)F)cc1)C1CC1. The van der Waals surface area contributed by atoms with Gasteiger partial charge in [0.15, 0.2) is 0 Å². The van der Waals surface area contributed by atoms with Crippen LogP contribution in [0.1, 0.15) is 24.0 Å². The van der Waals surface area contributed by atoms with Crippen LogP contribution in [-0.4, -0.2) is 19.6 Å². The van der Waals surface area contributed by atoms with Gasteiger partial charge in [0.2, 0.25) is 0 Å². The van der Waals surface area contributed by atoms with Gasteiger partial charge in [0.25, 0.3) is 0 Å². The van der Waals surface area contributed by atoms with E-state index in [0.717, 1.165) is 25.0 Å². The fourth-order valence-corrected chi connectivity index (χ4v) is 2.72. The Kier molecular flexibility index (Phi) is 4.27. The van der Waals surface area contributed by atoms with E-state index in [0.29, 0.717) is 12.0 Å². The maximum absolute atomic E-state index is 12.6. The highest BCUT2D eigenvalue weighted by molar-refractivity contribution is 5.78. The van der Waals surface area contributed by atoms with Crippen LogP contribution in [0.25, 0.3) is 0 Å². The Bertz CT molecular complexity index is 509. The summed E-state index contributed by atoms with van der Waals surface area (Å²) in [4.78, 5) is 12.1. The number of ether oxygens (including phenoxy) is 1.